The second-order valence-corrected chi connectivity index (χ2v) is 7.80. The van der Waals surface area contributed by atoms with Gasteiger partial charge >= 0.3 is 12.2 Å². The van der Waals surface area contributed by atoms with Gasteiger partial charge in [0.2, 0.25) is 0 Å². The fourth-order valence-electron chi connectivity index (χ4n) is 3.54. The average molecular weight is 363 g/mol. The molecular weight excluding hydrogens is 334 g/mol. The predicted molar refractivity (Wildman–Crippen MR) is 100 cm³/mol. The fourth-order valence-corrected chi connectivity index (χ4v) is 3.54. The monoisotopic (exact) mass is 363 g/mol. The van der Waals surface area contributed by atoms with Gasteiger partial charge < -0.3 is 20.5 Å². The number of rotatable bonds is 4. The Bertz CT molecular complexity index is 615. The number of para-hydroxylation sites is 1. The quantitative estimate of drug-likeness (QED) is 0.759. The summed E-state index contributed by atoms with van der Waals surface area (Å²) in [5.41, 5.74) is 6.36. The maximum Gasteiger partial charge on any atom is 0.411 e. The number of ether oxygens (including phenoxy) is 1. The van der Waals surface area contributed by atoms with E-state index in [0.717, 1.165) is 6.42 Å². The summed E-state index contributed by atoms with van der Waals surface area (Å²) in [6, 6.07) is 8.83. The molecule has 7 heteroatoms. The molecule has 1 aliphatic carbocycles. The molecule has 1 aliphatic rings. The van der Waals surface area contributed by atoms with E-state index in [1.54, 1.807) is 12.1 Å². The lowest BCUT2D eigenvalue weighted by Gasteiger charge is -2.44. The van der Waals surface area contributed by atoms with E-state index in [2.05, 4.69) is 5.32 Å². The van der Waals surface area contributed by atoms with E-state index >= 15 is 0 Å². The van der Waals surface area contributed by atoms with Crippen molar-refractivity contribution < 1.29 is 19.4 Å². The number of carboxylic acid groups (broad SMARTS) is 1. The van der Waals surface area contributed by atoms with Crippen LogP contribution >= 0.6 is 0 Å². The van der Waals surface area contributed by atoms with Crippen LogP contribution in [0.15, 0.2) is 30.3 Å². The predicted octanol–water partition coefficient (Wildman–Crippen LogP) is 3.51. The second-order valence-electron chi connectivity index (χ2n) is 7.80. The number of nitrogens with two attached hydrogens (primary N) is 1. The molecule has 3 unspecified atom stereocenters. The van der Waals surface area contributed by atoms with Crippen LogP contribution in [-0.4, -0.2) is 46.4 Å². The molecule has 1 fully saturated rings. The number of carbonyl (C=O) groups is 2. The molecule has 0 heterocycles. The molecule has 1 saturated carbocycles. The molecule has 7 nitrogen and oxygen atoms in total. The first-order valence-corrected chi connectivity index (χ1v) is 8.95. The van der Waals surface area contributed by atoms with Crippen molar-refractivity contribution in [1.82, 2.24) is 4.90 Å². The van der Waals surface area contributed by atoms with Crippen LogP contribution in [0.3, 0.4) is 0 Å². The third-order valence-electron chi connectivity index (χ3n) is 4.76. The Morgan fingerprint density at radius 2 is 1.92 bits per heavy atom. The third kappa shape index (κ3) is 5.36. The number of amides is 2. The van der Waals surface area contributed by atoms with Gasteiger partial charge in [0.1, 0.15) is 0 Å². The summed E-state index contributed by atoms with van der Waals surface area (Å²) in [6.07, 6.45) is 0.551. The Hall–Kier alpha value is -2.28. The average Bonchev–Trinajstić information content (AvgIpc) is 2.54. The summed E-state index contributed by atoms with van der Waals surface area (Å²) in [6.45, 7) is 5.82. The topological polar surface area (TPSA) is 105 Å². The number of hydrogen-bond donors (Lipinski definition) is 3. The summed E-state index contributed by atoms with van der Waals surface area (Å²) >= 11 is 0. The molecule has 144 valence electrons. The molecule has 2 amide bonds. The minimum atomic E-state index is -0.931. The molecule has 0 aromatic heterocycles. The molecule has 4 N–H and O–H groups in total. The molecule has 0 radical (unpaired) electrons. The first-order chi connectivity index (χ1) is 12.2. The highest BCUT2D eigenvalue weighted by Gasteiger charge is 2.38. The zero-order chi connectivity index (χ0) is 19.3. The van der Waals surface area contributed by atoms with Crippen molar-refractivity contribution in [3.8, 4) is 0 Å². The van der Waals surface area contributed by atoms with Crippen LogP contribution in [0.1, 0.15) is 40.0 Å². The van der Waals surface area contributed by atoms with Crippen LogP contribution in [0.4, 0.5) is 15.3 Å². The van der Waals surface area contributed by atoms with Crippen molar-refractivity contribution in [2.45, 2.75) is 57.7 Å². The number of hydrogen-bond acceptors (Lipinski definition) is 4. The SMILES string of the molecule is CC(C)(C)N(C(=O)O)C1CCC(N)C(COC(=O)Nc2ccccc2)C1. The molecular formula is C19H29N3O4. The molecule has 0 bridgehead atoms. The lowest BCUT2D eigenvalue weighted by Crippen LogP contribution is -2.55. The molecule has 26 heavy (non-hydrogen) atoms. The first-order valence-electron chi connectivity index (χ1n) is 8.95. The van der Waals surface area contributed by atoms with E-state index in [0.29, 0.717) is 18.5 Å². The first kappa shape index (κ1) is 20.0. The lowest BCUT2D eigenvalue weighted by molar-refractivity contribution is 0.0316. The highest BCUT2D eigenvalue weighted by molar-refractivity contribution is 5.84. The Balaban J connectivity index is 1.93. The van der Waals surface area contributed by atoms with Crippen molar-refractivity contribution in [3.05, 3.63) is 30.3 Å². The van der Waals surface area contributed by atoms with E-state index in [1.807, 2.05) is 39.0 Å². The second kappa shape index (κ2) is 8.40. The zero-order valence-electron chi connectivity index (χ0n) is 15.6. The normalized spacial score (nSPS) is 23.2. The van der Waals surface area contributed by atoms with Gasteiger partial charge in [-0.25, -0.2) is 9.59 Å². The minimum Gasteiger partial charge on any atom is -0.465 e. The van der Waals surface area contributed by atoms with Crippen molar-refractivity contribution in [3.63, 3.8) is 0 Å². The van der Waals surface area contributed by atoms with Crippen LogP contribution in [0, 0.1) is 5.92 Å². The number of carbonyl (C=O) groups excluding carboxylic acids is 1. The molecule has 2 rings (SSSR count). The minimum absolute atomic E-state index is 0.0699. The van der Waals surface area contributed by atoms with Crippen LogP contribution in [-0.2, 0) is 4.74 Å². The van der Waals surface area contributed by atoms with Crippen molar-refractivity contribution in [2.24, 2.45) is 11.7 Å². The summed E-state index contributed by atoms with van der Waals surface area (Å²) < 4.78 is 5.33. The van der Waals surface area contributed by atoms with E-state index in [4.69, 9.17) is 10.5 Å². The number of anilines is 1. The highest BCUT2D eigenvalue weighted by Crippen LogP contribution is 2.31. The van der Waals surface area contributed by atoms with Gasteiger partial charge in [-0.15, -0.1) is 0 Å². The number of nitrogens with zero attached hydrogens (tertiary/aromatic N) is 1. The van der Waals surface area contributed by atoms with Gasteiger partial charge in [0.05, 0.1) is 6.61 Å². The largest absolute Gasteiger partial charge is 0.465 e. The Kier molecular flexibility index (Phi) is 6.47. The van der Waals surface area contributed by atoms with Crippen LogP contribution in [0.2, 0.25) is 0 Å². The van der Waals surface area contributed by atoms with E-state index in [1.165, 1.54) is 4.90 Å². The zero-order valence-corrected chi connectivity index (χ0v) is 15.6. The van der Waals surface area contributed by atoms with Crippen molar-refractivity contribution >= 4 is 17.9 Å². The number of benzene rings is 1. The summed E-state index contributed by atoms with van der Waals surface area (Å²) in [7, 11) is 0. The van der Waals surface area contributed by atoms with Crippen LogP contribution in [0.5, 0.6) is 0 Å². The third-order valence-corrected chi connectivity index (χ3v) is 4.76. The van der Waals surface area contributed by atoms with Gasteiger partial charge in [0.15, 0.2) is 0 Å². The van der Waals surface area contributed by atoms with Crippen LogP contribution in [0.25, 0.3) is 0 Å². The van der Waals surface area contributed by atoms with E-state index in [9.17, 15) is 14.7 Å². The van der Waals surface area contributed by atoms with Crippen molar-refractivity contribution in [2.75, 3.05) is 11.9 Å². The van der Waals surface area contributed by atoms with Gasteiger partial charge in [-0.3, -0.25) is 5.32 Å². The summed E-state index contributed by atoms with van der Waals surface area (Å²) in [5.74, 6) is -0.0699. The fraction of sp³-hybridized carbons (Fsp3) is 0.579. The molecule has 1 aromatic carbocycles. The maximum absolute atomic E-state index is 12.0. The summed E-state index contributed by atoms with van der Waals surface area (Å²) in [4.78, 5) is 25.2. The maximum atomic E-state index is 12.0. The Morgan fingerprint density at radius 3 is 2.50 bits per heavy atom. The standard InChI is InChI=1S/C19H29N3O4/c1-19(2,3)22(18(24)25)15-9-10-16(20)13(11-15)12-26-17(23)21-14-7-5-4-6-8-14/h4-8,13,15-16H,9-12,20H2,1-3H3,(H,21,23)(H,24,25). The van der Waals surface area contributed by atoms with E-state index < -0.39 is 17.7 Å². The van der Waals surface area contributed by atoms with Gasteiger partial charge in [-0.1, -0.05) is 18.2 Å². The van der Waals surface area contributed by atoms with Crippen LogP contribution < -0.4 is 11.1 Å². The molecule has 1 aromatic rings. The highest BCUT2D eigenvalue weighted by atomic mass is 16.5. The summed E-state index contributed by atoms with van der Waals surface area (Å²) in [5, 5.41) is 12.3. The van der Waals surface area contributed by atoms with Crippen molar-refractivity contribution in [1.29, 1.82) is 0 Å². The van der Waals surface area contributed by atoms with Gasteiger partial charge in [-0.2, -0.15) is 0 Å². The number of nitrogens with one attached hydrogen (secondary N) is 1. The van der Waals surface area contributed by atoms with Gasteiger partial charge in [0.25, 0.3) is 0 Å². The van der Waals surface area contributed by atoms with Gasteiger partial charge in [-0.05, 0) is 52.2 Å². The molecule has 0 aliphatic heterocycles. The molecule has 0 spiro atoms. The molecule has 3 atom stereocenters. The van der Waals surface area contributed by atoms with E-state index in [-0.39, 0.29) is 24.6 Å². The Labute approximate surface area is 154 Å². The Morgan fingerprint density at radius 1 is 1.27 bits per heavy atom. The molecule has 0 saturated heterocycles. The smallest absolute Gasteiger partial charge is 0.411 e. The van der Waals surface area contributed by atoms with Gasteiger partial charge in [0, 0.05) is 29.2 Å². The lowest BCUT2D eigenvalue weighted by atomic mass is 9.80.